The number of ether oxygens (including phenoxy) is 2. The molecule has 0 spiro atoms. The van der Waals surface area contributed by atoms with Crippen LogP contribution in [0, 0.1) is 5.92 Å². The lowest BCUT2D eigenvalue weighted by Crippen LogP contribution is -2.45. The molecule has 1 atom stereocenters. The molecule has 1 unspecified atom stereocenters. The molecule has 1 heterocycles. The number of carbonyl (C=O) groups excluding carboxylic acids is 1. The van der Waals surface area contributed by atoms with Crippen molar-refractivity contribution in [3.8, 4) is 11.5 Å². The van der Waals surface area contributed by atoms with Crippen molar-refractivity contribution in [3.63, 3.8) is 0 Å². The van der Waals surface area contributed by atoms with Gasteiger partial charge in [0.15, 0.2) is 11.5 Å². The van der Waals surface area contributed by atoms with E-state index in [1.54, 1.807) is 26.4 Å². The fourth-order valence-electron chi connectivity index (χ4n) is 2.74. The third-order valence-corrected chi connectivity index (χ3v) is 4.40. The molecule has 1 fully saturated rings. The van der Waals surface area contributed by atoms with Gasteiger partial charge in [-0.25, -0.2) is 0 Å². The van der Waals surface area contributed by atoms with E-state index in [1.807, 2.05) is 13.0 Å². The second kappa shape index (κ2) is 7.49. The maximum absolute atomic E-state index is 12.4. The molecule has 5 heteroatoms. The molecule has 2 rings (SSSR count). The highest BCUT2D eigenvalue weighted by Crippen LogP contribution is 2.30. The van der Waals surface area contributed by atoms with Gasteiger partial charge in [-0.3, -0.25) is 9.69 Å². The highest BCUT2D eigenvalue weighted by Gasteiger charge is 2.25. The molecule has 1 aliphatic rings. The Labute approximate surface area is 132 Å². The molecule has 0 radical (unpaired) electrons. The van der Waals surface area contributed by atoms with Gasteiger partial charge >= 0.3 is 0 Å². The summed E-state index contributed by atoms with van der Waals surface area (Å²) < 4.78 is 10.5. The lowest BCUT2D eigenvalue weighted by Gasteiger charge is -2.34. The Kier molecular flexibility index (Phi) is 5.66. The molecule has 122 valence electrons. The molecule has 1 aliphatic heterocycles. The summed E-state index contributed by atoms with van der Waals surface area (Å²) in [5.74, 6) is 2.04. The molecule has 1 N–H and O–H groups in total. The minimum absolute atomic E-state index is 0.0155. The Morgan fingerprint density at radius 1 is 1.23 bits per heavy atom. The number of benzene rings is 1. The normalized spacial score (nSPS) is 17.8. The number of likely N-dealkylation sites (tertiary alicyclic amines) is 1. The largest absolute Gasteiger partial charge is 0.493 e. The van der Waals surface area contributed by atoms with Crippen molar-refractivity contribution in [1.29, 1.82) is 0 Å². The van der Waals surface area contributed by atoms with E-state index in [2.05, 4.69) is 17.1 Å². The van der Waals surface area contributed by atoms with Crippen molar-refractivity contribution in [1.82, 2.24) is 4.90 Å². The summed E-state index contributed by atoms with van der Waals surface area (Å²) in [6, 6.07) is 5.27. The van der Waals surface area contributed by atoms with Crippen LogP contribution in [0.1, 0.15) is 26.7 Å². The first-order valence-electron chi connectivity index (χ1n) is 7.82. The van der Waals surface area contributed by atoms with Crippen molar-refractivity contribution < 1.29 is 14.3 Å². The second-order valence-corrected chi connectivity index (χ2v) is 5.95. The summed E-state index contributed by atoms with van der Waals surface area (Å²) in [6.07, 6.45) is 2.32. The summed E-state index contributed by atoms with van der Waals surface area (Å²) in [5, 5.41) is 2.96. The van der Waals surface area contributed by atoms with Gasteiger partial charge in [-0.2, -0.15) is 0 Å². The molecular formula is C17H26N2O3. The fourth-order valence-corrected chi connectivity index (χ4v) is 2.74. The average Bonchev–Trinajstić information content (AvgIpc) is 2.54. The van der Waals surface area contributed by atoms with Crippen molar-refractivity contribution >= 4 is 11.6 Å². The lowest BCUT2D eigenvalue weighted by molar-refractivity contribution is -0.121. The zero-order valence-corrected chi connectivity index (χ0v) is 13.9. The van der Waals surface area contributed by atoms with Crippen LogP contribution in [0.25, 0.3) is 0 Å². The number of nitrogens with zero attached hydrogens (tertiary/aromatic N) is 1. The maximum Gasteiger partial charge on any atom is 0.241 e. The Morgan fingerprint density at radius 3 is 2.45 bits per heavy atom. The van der Waals surface area contributed by atoms with Gasteiger partial charge < -0.3 is 14.8 Å². The van der Waals surface area contributed by atoms with Crippen molar-refractivity contribution in [2.45, 2.75) is 32.7 Å². The van der Waals surface area contributed by atoms with Crippen molar-refractivity contribution in [3.05, 3.63) is 18.2 Å². The van der Waals surface area contributed by atoms with E-state index < -0.39 is 0 Å². The number of rotatable bonds is 5. The summed E-state index contributed by atoms with van der Waals surface area (Å²) in [6.45, 7) is 6.21. The van der Waals surface area contributed by atoms with Gasteiger partial charge in [0.25, 0.3) is 0 Å². The smallest absolute Gasteiger partial charge is 0.241 e. The summed E-state index contributed by atoms with van der Waals surface area (Å²) in [5.41, 5.74) is 0.722. The van der Waals surface area contributed by atoms with Crippen molar-refractivity contribution in [2.75, 3.05) is 32.6 Å². The van der Waals surface area contributed by atoms with Crippen LogP contribution in [0.5, 0.6) is 11.5 Å². The molecule has 1 amide bonds. The second-order valence-electron chi connectivity index (χ2n) is 5.95. The minimum atomic E-state index is -0.124. The summed E-state index contributed by atoms with van der Waals surface area (Å²) >= 11 is 0. The number of piperidine rings is 1. The van der Waals surface area contributed by atoms with Crippen LogP contribution in [-0.4, -0.2) is 44.2 Å². The monoisotopic (exact) mass is 306 g/mol. The van der Waals surface area contributed by atoms with E-state index in [-0.39, 0.29) is 11.9 Å². The number of amides is 1. The van der Waals surface area contributed by atoms with Crippen LogP contribution in [0.15, 0.2) is 18.2 Å². The van der Waals surface area contributed by atoms with Gasteiger partial charge in [-0.15, -0.1) is 0 Å². The number of hydrogen-bond donors (Lipinski definition) is 1. The molecule has 5 nitrogen and oxygen atoms in total. The van der Waals surface area contributed by atoms with Crippen LogP contribution >= 0.6 is 0 Å². The Hall–Kier alpha value is -1.75. The highest BCUT2D eigenvalue weighted by atomic mass is 16.5. The Balaban J connectivity index is 1.99. The fraction of sp³-hybridized carbons (Fsp3) is 0.588. The van der Waals surface area contributed by atoms with E-state index >= 15 is 0 Å². The molecule has 1 aromatic carbocycles. The number of carbonyl (C=O) groups is 1. The van der Waals surface area contributed by atoms with E-state index in [1.165, 1.54) is 0 Å². The first-order valence-corrected chi connectivity index (χ1v) is 7.82. The van der Waals surface area contributed by atoms with Gasteiger partial charge in [-0.1, -0.05) is 6.92 Å². The topological polar surface area (TPSA) is 50.8 Å². The maximum atomic E-state index is 12.4. The molecule has 0 saturated carbocycles. The Bertz CT molecular complexity index is 511. The van der Waals surface area contributed by atoms with Gasteiger partial charge in [0.2, 0.25) is 5.91 Å². The van der Waals surface area contributed by atoms with Crippen LogP contribution in [0.2, 0.25) is 0 Å². The van der Waals surface area contributed by atoms with E-state index in [9.17, 15) is 4.79 Å². The lowest BCUT2D eigenvalue weighted by atomic mass is 9.98. The predicted molar refractivity (Wildman–Crippen MR) is 87.6 cm³/mol. The Morgan fingerprint density at radius 2 is 1.86 bits per heavy atom. The zero-order chi connectivity index (χ0) is 16.1. The van der Waals surface area contributed by atoms with Crippen LogP contribution in [0.3, 0.4) is 0 Å². The standard InChI is InChI=1S/C17H26N2O3/c1-12-7-9-19(10-8-12)13(2)17(20)18-14-5-6-15(21-3)16(11-14)22-4/h5-6,11-13H,7-10H2,1-4H3,(H,18,20). The van der Waals surface area contributed by atoms with Gasteiger partial charge in [0, 0.05) is 11.8 Å². The average molecular weight is 306 g/mol. The van der Waals surface area contributed by atoms with E-state index in [4.69, 9.17) is 9.47 Å². The minimum Gasteiger partial charge on any atom is -0.493 e. The molecular weight excluding hydrogens is 280 g/mol. The number of hydrogen-bond acceptors (Lipinski definition) is 4. The summed E-state index contributed by atoms with van der Waals surface area (Å²) in [4.78, 5) is 14.7. The predicted octanol–water partition coefficient (Wildman–Crippen LogP) is 2.76. The third kappa shape index (κ3) is 3.91. The molecule has 0 bridgehead atoms. The SMILES string of the molecule is COc1ccc(NC(=O)C(C)N2CCC(C)CC2)cc1OC. The number of anilines is 1. The van der Waals surface area contributed by atoms with E-state index in [0.717, 1.165) is 37.5 Å². The number of methoxy groups -OCH3 is 2. The van der Waals surface area contributed by atoms with Crippen LogP contribution in [0.4, 0.5) is 5.69 Å². The van der Waals surface area contributed by atoms with Crippen LogP contribution in [-0.2, 0) is 4.79 Å². The van der Waals surface area contributed by atoms with Crippen molar-refractivity contribution in [2.24, 2.45) is 5.92 Å². The first kappa shape index (κ1) is 16.6. The number of nitrogens with one attached hydrogen (secondary N) is 1. The highest BCUT2D eigenvalue weighted by molar-refractivity contribution is 5.94. The zero-order valence-electron chi connectivity index (χ0n) is 13.9. The summed E-state index contributed by atoms with van der Waals surface area (Å²) in [7, 11) is 3.18. The molecule has 0 aromatic heterocycles. The first-order chi connectivity index (χ1) is 10.5. The third-order valence-electron chi connectivity index (χ3n) is 4.40. The van der Waals surface area contributed by atoms with Crippen LogP contribution < -0.4 is 14.8 Å². The quantitative estimate of drug-likeness (QED) is 0.909. The van der Waals surface area contributed by atoms with Gasteiger partial charge in [-0.05, 0) is 50.9 Å². The molecule has 22 heavy (non-hydrogen) atoms. The van der Waals surface area contributed by atoms with Gasteiger partial charge in [0.1, 0.15) is 0 Å². The molecule has 1 aromatic rings. The molecule has 1 saturated heterocycles. The molecule has 0 aliphatic carbocycles. The van der Waals surface area contributed by atoms with Gasteiger partial charge in [0.05, 0.1) is 20.3 Å². The van der Waals surface area contributed by atoms with E-state index in [0.29, 0.717) is 11.5 Å².